The van der Waals surface area contributed by atoms with Crippen molar-refractivity contribution < 1.29 is 19.4 Å². The van der Waals surface area contributed by atoms with Gasteiger partial charge in [0.2, 0.25) is 5.91 Å². The van der Waals surface area contributed by atoms with Crippen LogP contribution in [-0.2, 0) is 20.7 Å². The minimum Gasteiger partial charge on any atom is -0.480 e. The van der Waals surface area contributed by atoms with Gasteiger partial charge in [0, 0.05) is 31.9 Å². The highest BCUT2D eigenvalue weighted by atomic mass is 16.5. The van der Waals surface area contributed by atoms with Crippen molar-refractivity contribution in [1.29, 1.82) is 0 Å². The molecule has 1 heterocycles. The summed E-state index contributed by atoms with van der Waals surface area (Å²) in [4.78, 5) is 27.0. The van der Waals surface area contributed by atoms with E-state index >= 15 is 0 Å². The normalized spacial score (nSPS) is 17.1. The van der Waals surface area contributed by atoms with Crippen molar-refractivity contribution in [3.05, 3.63) is 29.8 Å². The second kappa shape index (κ2) is 8.77. The minimum atomic E-state index is -1.02. The molecule has 1 aromatic carbocycles. The van der Waals surface area contributed by atoms with E-state index in [4.69, 9.17) is 15.6 Å². The lowest BCUT2D eigenvalue weighted by atomic mass is 10.1. The van der Waals surface area contributed by atoms with E-state index in [9.17, 15) is 9.59 Å². The molecule has 132 valence electrons. The average Bonchev–Trinajstić information content (AvgIpc) is 2.56. The zero-order valence-corrected chi connectivity index (χ0v) is 14.0. The standard InChI is InChI=1S/C17H25N3O4/c1-2-24-10-9-19-7-8-20(16(21)12-19)14-5-3-13(4-6-14)11-15(18)17(22)23/h3-6,15H,2,7-12,18H2,1H3,(H,22,23). The van der Waals surface area contributed by atoms with Crippen LogP contribution < -0.4 is 10.6 Å². The van der Waals surface area contributed by atoms with Gasteiger partial charge in [-0.3, -0.25) is 14.5 Å². The summed E-state index contributed by atoms with van der Waals surface area (Å²) in [5, 5.41) is 8.85. The van der Waals surface area contributed by atoms with Crippen LogP contribution in [0.4, 0.5) is 5.69 Å². The summed E-state index contributed by atoms with van der Waals surface area (Å²) in [7, 11) is 0. The van der Waals surface area contributed by atoms with Crippen LogP contribution in [0.15, 0.2) is 24.3 Å². The molecular weight excluding hydrogens is 310 g/mol. The Morgan fingerprint density at radius 1 is 1.33 bits per heavy atom. The number of nitrogens with two attached hydrogens (primary N) is 1. The molecule has 24 heavy (non-hydrogen) atoms. The molecule has 2 rings (SSSR count). The van der Waals surface area contributed by atoms with E-state index in [1.807, 2.05) is 31.2 Å². The fourth-order valence-electron chi connectivity index (χ4n) is 2.68. The summed E-state index contributed by atoms with van der Waals surface area (Å²) in [6, 6.07) is 6.43. The summed E-state index contributed by atoms with van der Waals surface area (Å²) in [5.74, 6) is -0.954. The molecule has 1 saturated heterocycles. The molecule has 1 unspecified atom stereocenters. The number of ether oxygens (including phenoxy) is 1. The van der Waals surface area contributed by atoms with Crippen molar-refractivity contribution in [1.82, 2.24) is 4.90 Å². The molecule has 1 aliphatic heterocycles. The maximum Gasteiger partial charge on any atom is 0.320 e. The van der Waals surface area contributed by atoms with Crippen LogP contribution in [-0.4, -0.2) is 67.3 Å². The maximum absolute atomic E-state index is 12.3. The lowest BCUT2D eigenvalue weighted by Crippen LogP contribution is -2.51. The van der Waals surface area contributed by atoms with Gasteiger partial charge in [-0.25, -0.2) is 0 Å². The van der Waals surface area contributed by atoms with E-state index in [1.54, 1.807) is 4.90 Å². The summed E-state index contributed by atoms with van der Waals surface area (Å²) in [5.41, 5.74) is 7.21. The number of carbonyl (C=O) groups excluding carboxylic acids is 1. The fourth-order valence-corrected chi connectivity index (χ4v) is 2.68. The third-order valence-corrected chi connectivity index (χ3v) is 4.08. The van der Waals surface area contributed by atoms with Crippen LogP contribution in [0, 0.1) is 0 Å². The Kier molecular flexibility index (Phi) is 6.72. The highest BCUT2D eigenvalue weighted by molar-refractivity contribution is 5.95. The smallest absolute Gasteiger partial charge is 0.320 e. The lowest BCUT2D eigenvalue weighted by molar-refractivity contribution is -0.138. The van der Waals surface area contributed by atoms with E-state index in [0.717, 1.165) is 24.3 Å². The number of carbonyl (C=O) groups is 2. The quantitative estimate of drug-likeness (QED) is 0.665. The van der Waals surface area contributed by atoms with Crippen LogP contribution in [0.2, 0.25) is 0 Å². The third kappa shape index (κ3) is 5.02. The zero-order valence-electron chi connectivity index (χ0n) is 14.0. The molecule has 3 N–H and O–H groups in total. The van der Waals surface area contributed by atoms with Crippen molar-refractivity contribution in [3.8, 4) is 0 Å². The highest BCUT2D eigenvalue weighted by Gasteiger charge is 2.24. The van der Waals surface area contributed by atoms with Gasteiger partial charge < -0.3 is 20.5 Å². The molecule has 0 radical (unpaired) electrons. The molecule has 1 aromatic rings. The molecule has 7 nitrogen and oxygen atoms in total. The number of benzene rings is 1. The Hall–Kier alpha value is -1.96. The number of hydrogen-bond acceptors (Lipinski definition) is 5. The van der Waals surface area contributed by atoms with Gasteiger partial charge in [-0.2, -0.15) is 0 Å². The number of amides is 1. The Morgan fingerprint density at radius 3 is 2.62 bits per heavy atom. The number of aliphatic carboxylic acids is 1. The van der Waals surface area contributed by atoms with Crippen molar-refractivity contribution in [2.45, 2.75) is 19.4 Å². The number of carboxylic acids is 1. The Morgan fingerprint density at radius 2 is 2.04 bits per heavy atom. The van der Waals surface area contributed by atoms with Gasteiger partial charge in [-0.05, 0) is 31.0 Å². The SMILES string of the molecule is CCOCCN1CCN(c2ccc(CC(N)C(=O)O)cc2)C(=O)C1. The van der Waals surface area contributed by atoms with E-state index in [-0.39, 0.29) is 12.3 Å². The monoisotopic (exact) mass is 335 g/mol. The number of anilines is 1. The largest absolute Gasteiger partial charge is 0.480 e. The van der Waals surface area contributed by atoms with Crippen LogP contribution >= 0.6 is 0 Å². The van der Waals surface area contributed by atoms with Crippen molar-refractivity contribution in [3.63, 3.8) is 0 Å². The van der Waals surface area contributed by atoms with Gasteiger partial charge in [-0.15, -0.1) is 0 Å². The second-order valence-electron chi connectivity index (χ2n) is 5.83. The molecule has 1 fully saturated rings. The van der Waals surface area contributed by atoms with Gasteiger partial charge >= 0.3 is 5.97 Å². The molecule has 0 saturated carbocycles. The first-order valence-corrected chi connectivity index (χ1v) is 8.19. The molecule has 0 spiro atoms. The van der Waals surface area contributed by atoms with Crippen LogP contribution in [0.5, 0.6) is 0 Å². The first-order chi connectivity index (χ1) is 11.5. The molecule has 0 aliphatic carbocycles. The number of piperazine rings is 1. The summed E-state index contributed by atoms with van der Waals surface area (Å²) >= 11 is 0. The van der Waals surface area contributed by atoms with Gasteiger partial charge in [0.25, 0.3) is 0 Å². The average molecular weight is 335 g/mol. The van der Waals surface area contributed by atoms with Crippen LogP contribution in [0.25, 0.3) is 0 Å². The summed E-state index contributed by atoms with van der Waals surface area (Å²) in [6.45, 7) is 5.88. The number of rotatable bonds is 8. The molecule has 7 heteroatoms. The first kappa shape index (κ1) is 18.4. The van der Waals surface area contributed by atoms with Crippen molar-refractivity contribution in [2.75, 3.05) is 44.3 Å². The molecule has 1 atom stereocenters. The molecule has 0 bridgehead atoms. The second-order valence-corrected chi connectivity index (χ2v) is 5.83. The maximum atomic E-state index is 12.3. The first-order valence-electron chi connectivity index (χ1n) is 8.19. The molecule has 1 amide bonds. The van der Waals surface area contributed by atoms with E-state index in [2.05, 4.69) is 4.90 Å². The third-order valence-electron chi connectivity index (χ3n) is 4.08. The van der Waals surface area contributed by atoms with Crippen LogP contribution in [0.1, 0.15) is 12.5 Å². The molecule has 0 aromatic heterocycles. The van der Waals surface area contributed by atoms with Gasteiger partial charge in [0.05, 0.1) is 13.2 Å². The summed E-state index contributed by atoms with van der Waals surface area (Å²) < 4.78 is 5.33. The highest BCUT2D eigenvalue weighted by Crippen LogP contribution is 2.18. The Balaban J connectivity index is 1.90. The zero-order chi connectivity index (χ0) is 17.5. The topological polar surface area (TPSA) is 96.1 Å². The van der Waals surface area contributed by atoms with Gasteiger partial charge in [0.15, 0.2) is 0 Å². The van der Waals surface area contributed by atoms with Gasteiger partial charge in [0.1, 0.15) is 6.04 Å². The van der Waals surface area contributed by atoms with Crippen molar-refractivity contribution in [2.24, 2.45) is 5.73 Å². The summed E-state index contributed by atoms with van der Waals surface area (Å²) in [6.07, 6.45) is 0.273. The number of hydrogen-bond donors (Lipinski definition) is 2. The van der Waals surface area contributed by atoms with Crippen molar-refractivity contribution >= 4 is 17.6 Å². The van der Waals surface area contributed by atoms with E-state index < -0.39 is 12.0 Å². The Bertz CT molecular complexity index is 561. The fraction of sp³-hybridized carbons (Fsp3) is 0.529. The van der Waals surface area contributed by atoms with E-state index in [0.29, 0.717) is 26.3 Å². The lowest BCUT2D eigenvalue weighted by Gasteiger charge is -2.34. The minimum absolute atomic E-state index is 0.0627. The predicted molar refractivity (Wildman–Crippen MR) is 91.0 cm³/mol. The Labute approximate surface area is 142 Å². The number of nitrogens with zero attached hydrogens (tertiary/aromatic N) is 2. The van der Waals surface area contributed by atoms with Gasteiger partial charge in [-0.1, -0.05) is 12.1 Å². The number of carboxylic acid groups (broad SMARTS) is 1. The molecule has 1 aliphatic rings. The molecular formula is C17H25N3O4. The van der Waals surface area contributed by atoms with Crippen LogP contribution in [0.3, 0.4) is 0 Å². The van der Waals surface area contributed by atoms with E-state index in [1.165, 1.54) is 0 Å². The predicted octanol–water partition coefficient (Wildman–Crippen LogP) is 0.326.